The first-order valence-corrected chi connectivity index (χ1v) is 7.42. The third kappa shape index (κ3) is 4.56. The zero-order valence-electron chi connectivity index (χ0n) is 11.5. The average Bonchev–Trinajstić information content (AvgIpc) is 2.46. The zero-order chi connectivity index (χ0) is 15.2. The van der Waals surface area contributed by atoms with Crippen LogP contribution in [-0.4, -0.2) is 12.4 Å². The Balaban J connectivity index is 2.21. The number of nitrogens with two attached hydrogens (primary N) is 1. The van der Waals surface area contributed by atoms with E-state index in [-0.39, 0.29) is 11.7 Å². The molecule has 5 heteroatoms. The maximum absolute atomic E-state index is 13.2. The van der Waals surface area contributed by atoms with Crippen molar-refractivity contribution in [2.75, 3.05) is 11.4 Å². The van der Waals surface area contributed by atoms with Gasteiger partial charge in [-0.3, -0.25) is 5.41 Å². The second-order valence-corrected chi connectivity index (χ2v) is 5.62. The van der Waals surface area contributed by atoms with E-state index in [1.165, 1.54) is 12.1 Å². The molecule has 21 heavy (non-hydrogen) atoms. The van der Waals surface area contributed by atoms with Gasteiger partial charge in [0.25, 0.3) is 0 Å². The summed E-state index contributed by atoms with van der Waals surface area (Å²) in [6, 6.07) is 14.6. The van der Waals surface area contributed by atoms with Gasteiger partial charge in [0.05, 0.1) is 5.84 Å². The molecule has 0 saturated heterocycles. The minimum atomic E-state index is -0.263. The number of hydrogen-bond acceptors (Lipinski definition) is 2. The molecule has 2 aromatic carbocycles. The SMILES string of the molecule is N=C(N)CCN(Cc1ccc(F)cc1Br)c1ccccc1. The monoisotopic (exact) mass is 349 g/mol. The first-order chi connectivity index (χ1) is 10.1. The Morgan fingerprint density at radius 1 is 1.19 bits per heavy atom. The Morgan fingerprint density at radius 2 is 1.90 bits per heavy atom. The number of para-hydroxylation sites is 1. The molecule has 0 saturated carbocycles. The summed E-state index contributed by atoms with van der Waals surface area (Å²) in [6.45, 7) is 1.27. The van der Waals surface area contributed by atoms with Crippen LogP contribution in [0.5, 0.6) is 0 Å². The molecule has 0 unspecified atom stereocenters. The summed E-state index contributed by atoms with van der Waals surface area (Å²) in [6.07, 6.45) is 0.494. The van der Waals surface area contributed by atoms with Crippen molar-refractivity contribution in [3.8, 4) is 0 Å². The van der Waals surface area contributed by atoms with Crippen LogP contribution in [0.3, 0.4) is 0 Å². The lowest BCUT2D eigenvalue weighted by Crippen LogP contribution is -2.27. The Bertz CT molecular complexity index is 616. The topological polar surface area (TPSA) is 53.1 Å². The largest absolute Gasteiger partial charge is 0.388 e. The molecule has 0 radical (unpaired) electrons. The maximum atomic E-state index is 13.2. The predicted molar refractivity (Wildman–Crippen MR) is 88.1 cm³/mol. The summed E-state index contributed by atoms with van der Waals surface area (Å²) in [7, 11) is 0. The Morgan fingerprint density at radius 3 is 2.52 bits per heavy atom. The van der Waals surface area contributed by atoms with E-state index < -0.39 is 0 Å². The summed E-state index contributed by atoms with van der Waals surface area (Å²) in [5, 5.41) is 7.39. The molecule has 0 aromatic heterocycles. The number of anilines is 1. The molecule has 0 bridgehead atoms. The van der Waals surface area contributed by atoms with Crippen molar-refractivity contribution < 1.29 is 4.39 Å². The fraction of sp³-hybridized carbons (Fsp3) is 0.188. The molecule has 0 amide bonds. The Kier molecular flexibility index (Phi) is 5.33. The molecule has 2 rings (SSSR count). The van der Waals surface area contributed by atoms with Crippen molar-refractivity contribution >= 4 is 27.5 Å². The summed E-state index contributed by atoms with van der Waals surface area (Å²) >= 11 is 3.39. The number of amidine groups is 1. The summed E-state index contributed by atoms with van der Waals surface area (Å²) < 4.78 is 13.9. The molecule has 0 atom stereocenters. The van der Waals surface area contributed by atoms with Gasteiger partial charge in [-0.1, -0.05) is 40.2 Å². The van der Waals surface area contributed by atoms with E-state index in [0.717, 1.165) is 15.7 Å². The van der Waals surface area contributed by atoms with Gasteiger partial charge in [0, 0.05) is 29.7 Å². The van der Waals surface area contributed by atoms with Crippen molar-refractivity contribution in [2.45, 2.75) is 13.0 Å². The third-order valence-corrected chi connectivity index (χ3v) is 3.89. The second kappa shape index (κ2) is 7.22. The van der Waals surface area contributed by atoms with Crippen LogP contribution in [0.4, 0.5) is 10.1 Å². The normalized spacial score (nSPS) is 10.4. The van der Waals surface area contributed by atoms with Gasteiger partial charge in [0.1, 0.15) is 5.82 Å². The Labute approximate surface area is 132 Å². The minimum Gasteiger partial charge on any atom is -0.388 e. The lowest BCUT2D eigenvalue weighted by atomic mass is 10.2. The fourth-order valence-electron chi connectivity index (χ4n) is 2.05. The van der Waals surface area contributed by atoms with Crippen LogP contribution in [0.2, 0.25) is 0 Å². The van der Waals surface area contributed by atoms with Crippen molar-refractivity contribution in [3.63, 3.8) is 0 Å². The summed E-state index contributed by atoms with van der Waals surface area (Å²) in [5.41, 5.74) is 7.50. The van der Waals surface area contributed by atoms with Crippen molar-refractivity contribution in [1.29, 1.82) is 5.41 Å². The molecule has 3 N–H and O–H groups in total. The van der Waals surface area contributed by atoms with Gasteiger partial charge in [-0.05, 0) is 29.8 Å². The van der Waals surface area contributed by atoms with Crippen LogP contribution in [0.1, 0.15) is 12.0 Å². The highest BCUT2D eigenvalue weighted by Gasteiger charge is 2.10. The molecule has 2 aromatic rings. The number of nitrogens with zero attached hydrogens (tertiary/aromatic N) is 1. The highest BCUT2D eigenvalue weighted by molar-refractivity contribution is 9.10. The number of rotatable bonds is 6. The van der Waals surface area contributed by atoms with Crippen molar-refractivity contribution in [2.24, 2.45) is 5.73 Å². The van der Waals surface area contributed by atoms with E-state index in [9.17, 15) is 4.39 Å². The molecule has 3 nitrogen and oxygen atoms in total. The lowest BCUT2D eigenvalue weighted by molar-refractivity contribution is 0.625. The van der Waals surface area contributed by atoms with E-state index in [1.807, 2.05) is 30.3 Å². The molecule has 0 heterocycles. The van der Waals surface area contributed by atoms with Crippen LogP contribution in [0, 0.1) is 11.2 Å². The highest BCUT2D eigenvalue weighted by atomic mass is 79.9. The van der Waals surface area contributed by atoms with E-state index in [2.05, 4.69) is 20.8 Å². The van der Waals surface area contributed by atoms with Gasteiger partial charge in [0.15, 0.2) is 0 Å². The number of benzene rings is 2. The average molecular weight is 350 g/mol. The van der Waals surface area contributed by atoms with E-state index in [1.54, 1.807) is 6.07 Å². The van der Waals surface area contributed by atoms with Gasteiger partial charge in [0.2, 0.25) is 0 Å². The third-order valence-electron chi connectivity index (χ3n) is 3.15. The van der Waals surface area contributed by atoms with Crippen molar-refractivity contribution in [3.05, 3.63) is 64.4 Å². The van der Waals surface area contributed by atoms with Crippen LogP contribution in [0.15, 0.2) is 53.0 Å². The zero-order valence-corrected chi connectivity index (χ0v) is 13.1. The van der Waals surface area contributed by atoms with Gasteiger partial charge in [-0.25, -0.2) is 4.39 Å². The minimum absolute atomic E-state index is 0.161. The maximum Gasteiger partial charge on any atom is 0.124 e. The quantitative estimate of drug-likeness (QED) is 0.613. The molecular formula is C16H17BrFN3. The standard InChI is InChI=1S/C16H17BrFN3/c17-15-10-13(18)7-6-12(15)11-21(9-8-16(19)20)14-4-2-1-3-5-14/h1-7,10H,8-9,11H2,(H3,19,20). The van der Waals surface area contributed by atoms with Gasteiger partial charge >= 0.3 is 0 Å². The summed E-state index contributed by atoms with van der Waals surface area (Å²) in [5.74, 6) is -0.102. The molecule has 0 spiro atoms. The van der Waals surface area contributed by atoms with Crippen LogP contribution in [-0.2, 0) is 6.54 Å². The van der Waals surface area contributed by atoms with E-state index >= 15 is 0 Å². The number of halogens is 2. The van der Waals surface area contributed by atoms with Crippen LogP contribution < -0.4 is 10.6 Å². The van der Waals surface area contributed by atoms with Gasteiger partial charge in [-0.15, -0.1) is 0 Å². The predicted octanol–water partition coefficient (Wildman–Crippen LogP) is 3.92. The number of hydrogen-bond donors (Lipinski definition) is 2. The first kappa shape index (κ1) is 15.5. The molecule has 110 valence electrons. The molecular weight excluding hydrogens is 333 g/mol. The van der Waals surface area contributed by atoms with Crippen LogP contribution >= 0.6 is 15.9 Å². The van der Waals surface area contributed by atoms with Crippen molar-refractivity contribution in [1.82, 2.24) is 0 Å². The highest BCUT2D eigenvalue weighted by Crippen LogP contribution is 2.23. The smallest absolute Gasteiger partial charge is 0.124 e. The lowest BCUT2D eigenvalue weighted by Gasteiger charge is -2.25. The van der Waals surface area contributed by atoms with Gasteiger partial charge in [-0.2, -0.15) is 0 Å². The van der Waals surface area contributed by atoms with Crippen LogP contribution in [0.25, 0.3) is 0 Å². The molecule has 0 aliphatic heterocycles. The van der Waals surface area contributed by atoms with E-state index in [4.69, 9.17) is 11.1 Å². The molecule has 0 aliphatic carbocycles. The molecule has 0 aliphatic rings. The number of nitrogens with one attached hydrogen (secondary N) is 1. The summed E-state index contributed by atoms with van der Waals surface area (Å²) in [4.78, 5) is 2.12. The Hall–Kier alpha value is -1.88. The van der Waals surface area contributed by atoms with E-state index in [0.29, 0.717) is 19.5 Å². The first-order valence-electron chi connectivity index (χ1n) is 6.63. The second-order valence-electron chi connectivity index (χ2n) is 4.77. The fourth-order valence-corrected chi connectivity index (χ4v) is 2.53. The molecule has 0 fully saturated rings. The van der Waals surface area contributed by atoms with Gasteiger partial charge < -0.3 is 10.6 Å².